The van der Waals surface area contributed by atoms with Gasteiger partial charge in [-0.25, -0.2) is 0 Å². The van der Waals surface area contributed by atoms with E-state index >= 15 is 0 Å². The maximum absolute atomic E-state index is 2.65. The summed E-state index contributed by atoms with van der Waals surface area (Å²) in [6.45, 7) is 36.4. The first-order valence-electron chi connectivity index (χ1n) is 11.1. The van der Waals surface area contributed by atoms with Crippen molar-refractivity contribution in [2.75, 3.05) is 0 Å². The third-order valence-electron chi connectivity index (χ3n) is 6.49. The van der Waals surface area contributed by atoms with Crippen molar-refractivity contribution in [3.05, 3.63) is 62.1 Å². The second-order valence-electron chi connectivity index (χ2n) is 11.1. The van der Waals surface area contributed by atoms with Crippen LogP contribution in [0.5, 0.6) is 0 Å². The van der Waals surface area contributed by atoms with Crippen LogP contribution in [0.3, 0.4) is 0 Å². The van der Waals surface area contributed by atoms with Crippen LogP contribution in [-0.4, -0.2) is 16.1 Å². The molecule has 2 aliphatic rings. The van der Waals surface area contributed by atoms with Crippen molar-refractivity contribution in [1.82, 2.24) is 0 Å². The molecule has 0 fully saturated rings. The average Bonchev–Trinajstić information content (AvgIpc) is 2.83. The standard InChI is InChI=1S/2C10H15.C7H19Si2.Sm/c2*1-6-7(2)9(4)10(5)8(6)3;1-8(2,3)7-9(4,5)6;/h2*1-5H3;7H,1-6H3;/q;;-1;. The second-order valence-corrected chi connectivity index (χ2v) is 21.7. The molecule has 30 heavy (non-hydrogen) atoms. The van der Waals surface area contributed by atoms with Crippen LogP contribution >= 0.6 is 0 Å². The van der Waals surface area contributed by atoms with Gasteiger partial charge in [-0.1, -0.05) is 75.4 Å². The van der Waals surface area contributed by atoms with Crippen molar-refractivity contribution < 1.29 is 40.4 Å². The van der Waals surface area contributed by atoms with Crippen LogP contribution in [0.4, 0.5) is 0 Å². The summed E-state index contributed by atoms with van der Waals surface area (Å²) in [6, 6.07) is 0. The van der Waals surface area contributed by atoms with Crippen LogP contribution in [0, 0.1) is 57.9 Å². The monoisotopic (exact) mass is 581 g/mol. The second kappa shape index (κ2) is 12.8. The molecule has 0 aromatic carbocycles. The molecule has 0 amide bonds. The molecule has 172 valence electrons. The predicted octanol–water partition coefficient (Wildman–Crippen LogP) is 9.48. The van der Waals surface area contributed by atoms with Crippen molar-refractivity contribution in [3.63, 3.8) is 0 Å². The van der Waals surface area contributed by atoms with Crippen molar-refractivity contribution in [2.45, 2.75) is 109 Å². The van der Waals surface area contributed by atoms with Gasteiger partial charge in [0, 0.05) is 52.2 Å². The van der Waals surface area contributed by atoms with E-state index in [4.69, 9.17) is 0 Å². The normalized spacial score (nSPS) is 18.4. The van der Waals surface area contributed by atoms with Gasteiger partial charge in [-0.15, -0.1) is 16.1 Å². The van der Waals surface area contributed by atoms with Gasteiger partial charge in [-0.2, -0.15) is 0 Å². The van der Waals surface area contributed by atoms with E-state index in [2.05, 4.69) is 114 Å². The Morgan fingerprint density at radius 1 is 0.367 bits per heavy atom. The molecular weight excluding hydrogens is 531 g/mol. The van der Waals surface area contributed by atoms with E-state index in [9.17, 15) is 0 Å². The van der Waals surface area contributed by atoms with E-state index in [0.29, 0.717) is 0 Å². The smallest absolute Gasteiger partial charge is 0.0226 e. The molecular formula is C27H49Si2Sm-. The fourth-order valence-corrected chi connectivity index (χ4v) is 14.5. The van der Waals surface area contributed by atoms with Gasteiger partial charge in [0.15, 0.2) is 0 Å². The fourth-order valence-electron chi connectivity index (χ4n) is 4.11. The Balaban J connectivity index is 0. The zero-order chi connectivity index (χ0) is 23.5. The summed E-state index contributed by atoms with van der Waals surface area (Å²) in [7, 11) is -1.71. The number of allylic oxidation sites excluding steroid dienone is 8. The maximum Gasteiger partial charge on any atom is 0.0226 e. The molecule has 0 aliphatic heterocycles. The van der Waals surface area contributed by atoms with Gasteiger partial charge in [0.25, 0.3) is 0 Å². The van der Waals surface area contributed by atoms with Crippen LogP contribution in [0.2, 0.25) is 39.3 Å². The van der Waals surface area contributed by atoms with E-state index in [1.54, 1.807) is 0 Å². The Kier molecular flexibility index (Phi) is 14.1. The van der Waals surface area contributed by atoms with Gasteiger partial charge in [0.1, 0.15) is 0 Å². The Morgan fingerprint density at radius 3 is 0.567 bits per heavy atom. The SMILES string of the molecule is C[C]1C(C)=C(C)C(C)=C1C.C[C]1C(C)=C(C)C(C)=C1C.C[Si](C)(C)[CH-][Si](C)(C)C.[Sm]. The molecule has 2 rings (SSSR count). The molecule has 0 unspecified atom stereocenters. The number of rotatable bonds is 2. The largest absolute Gasteiger partial charge is 0.327 e. The van der Waals surface area contributed by atoms with Gasteiger partial charge in [-0.3, -0.25) is 0 Å². The maximum atomic E-state index is 2.65. The third-order valence-corrected chi connectivity index (χ3v) is 13.4. The molecule has 0 bridgehead atoms. The Hall–Kier alpha value is 0.731. The number of hydrogen-bond donors (Lipinski definition) is 0. The predicted molar refractivity (Wildman–Crippen MR) is 142 cm³/mol. The molecule has 0 aromatic rings. The molecule has 0 saturated carbocycles. The third kappa shape index (κ3) is 10.1. The van der Waals surface area contributed by atoms with E-state index in [-0.39, 0.29) is 40.4 Å². The first kappa shape index (κ1) is 32.9. The van der Waals surface area contributed by atoms with Gasteiger partial charge in [0.05, 0.1) is 0 Å². The molecule has 0 aromatic heterocycles. The summed E-state index contributed by atoms with van der Waals surface area (Å²) in [5.74, 6) is 2.94. The quantitative estimate of drug-likeness (QED) is 0.226. The topological polar surface area (TPSA) is 0 Å². The summed E-state index contributed by atoms with van der Waals surface area (Å²) in [6.07, 6.45) is 0. The molecule has 0 atom stereocenters. The van der Waals surface area contributed by atoms with Crippen LogP contribution in [-0.2, 0) is 0 Å². The van der Waals surface area contributed by atoms with Crippen molar-refractivity contribution in [1.29, 1.82) is 0 Å². The van der Waals surface area contributed by atoms with E-state index in [1.165, 1.54) is 56.4 Å². The Bertz CT molecular complexity index is 609. The van der Waals surface area contributed by atoms with Crippen LogP contribution in [0.1, 0.15) is 69.2 Å². The minimum absolute atomic E-state index is 0. The van der Waals surface area contributed by atoms with Crippen LogP contribution in [0.25, 0.3) is 0 Å². The molecule has 0 spiro atoms. The molecule has 0 nitrogen and oxygen atoms in total. The summed E-state index contributed by atoms with van der Waals surface area (Å²) in [5.41, 5.74) is 14.4. The summed E-state index contributed by atoms with van der Waals surface area (Å²) in [4.78, 5) is 0. The van der Waals surface area contributed by atoms with E-state index < -0.39 is 16.1 Å². The first-order valence-corrected chi connectivity index (χ1v) is 18.2. The Morgan fingerprint density at radius 2 is 0.533 bits per heavy atom. The molecule has 0 N–H and O–H groups in total. The zero-order valence-electron chi connectivity index (χ0n) is 23.0. The first-order chi connectivity index (χ1) is 12.8. The molecule has 0 saturated heterocycles. The zero-order valence-corrected chi connectivity index (χ0v) is 27.6. The average molecular weight is 580 g/mol. The van der Waals surface area contributed by atoms with Gasteiger partial charge in [-0.05, 0) is 77.7 Å². The van der Waals surface area contributed by atoms with Crippen molar-refractivity contribution in [2.24, 2.45) is 0 Å². The summed E-state index contributed by atoms with van der Waals surface area (Å²) < 4.78 is 0. The molecule has 2 radical (unpaired) electrons. The Labute approximate surface area is 225 Å². The van der Waals surface area contributed by atoms with Gasteiger partial charge < -0.3 is 5.67 Å². The van der Waals surface area contributed by atoms with Crippen molar-refractivity contribution in [3.8, 4) is 0 Å². The molecule has 3 heteroatoms. The number of hydrogen-bond acceptors (Lipinski definition) is 0. The molecule has 0 heterocycles. The van der Waals surface area contributed by atoms with Crippen LogP contribution < -0.4 is 0 Å². The van der Waals surface area contributed by atoms with Gasteiger partial charge in [0.2, 0.25) is 0 Å². The molecule has 2 aliphatic carbocycles. The summed E-state index contributed by atoms with van der Waals surface area (Å²) >= 11 is 0. The minimum Gasteiger partial charge on any atom is -0.327 e. The summed E-state index contributed by atoms with van der Waals surface area (Å²) in [5, 5.41) is 0. The van der Waals surface area contributed by atoms with E-state index in [1.807, 2.05) is 0 Å². The van der Waals surface area contributed by atoms with Gasteiger partial charge >= 0.3 is 0 Å². The minimum atomic E-state index is -0.856. The van der Waals surface area contributed by atoms with Crippen molar-refractivity contribution >= 4 is 16.1 Å². The van der Waals surface area contributed by atoms with Crippen LogP contribution in [0.15, 0.2) is 44.6 Å². The fraction of sp³-hybridized carbons (Fsp3) is 0.593. The van der Waals surface area contributed by atoms with E-state index in [0.717, 1.165) is 0 Å².